The van der Waals surface area contributed by atoms with E-state index in [2.05, 4.69) is 9.47 Å². The van der Waals surface area contributed by atoms with E-state index < -0.39 is 46.5 Å². The number of hydrogen-bond donors (Lipinski definition) is 0. The number of alkyl halides is 4. The molecule has 11 heteroatoms. The normalized spacial score (nSPS) is 11.0. The molecule has 0 aliphatic carbocycles. The average Bonchev–Trinajstić information content (AvgIpc) is 2.93. The van der Waals surface area contributed by atoms with E-state index in [1.54, 1.807) is 13.0 Å². The van der Waals surface area contributed by atoms with Crippen LogP contribution in [0.25, 0.3) is 0 Å². The molecule has 0 aliphatic heterocycles. The number of nitriles is 2. The van der Waals surface area contributed by atoms with Crippen LogP contribution in [0.15, 0.2) is 78.9 Å². The number of rotatable bonds is 7. The Hall–Kier alpha value is -5.03. The van der Waals surface area contributed by atoms with Gasteiger partial charge >= 0.3 is 12.2 Å². The number of halogens is 7. The van der Waals surface area contributed by atoms with Crippen LogP contribution in [0.3, 0.4) is 0 Å². The van der Waals surface area contributed by atoms with Crippen molar-refractivity contribution in [2.45, 2.75) is 32.5 Å². The standard InChI is InChI=1S/C16H11F4NO.C15H10F3NO/c1-2-10-3-5-11(6-4-10)16(19,20)22-12-7-14(17)13(9-21)15(18)8-12;1-10-2-5-12(6-3-10)15(17,18)20-13-7-4-11(9-19)14(16)8-13/h3-8H,2H2,1H3;2-8H,1H3. The summed E-state index contributed by atoms with van der Waals surface area (Å²) in [4.78, 5) is 0. The van der Waals surface area contributed by atoms with Crippen molar-refractivity contribution < 1.29 is 40.2 Å². The number of ether oxygens (including phenoxy) is 2. The van der Waals surface area contributed by atoms with Crippen molar-refractivity contribution in [1.82, 2.24) is 0 Å². The van der Waals surface area contributed by atoms with Crippen LogP contribution in [-0.4, -0.2) is 0 Å². The molecular weight excluding hydrogens is 565 g/mol. The predicted molar refractivity (Wildman–Crippen MR) is 138 cm³/mol. The Balaban J connectivity index is 0.000000231. The van der Waals surface area contributed by atoms with E-state index >= 15 is 0 Å². The fraction of sp³-hybridized carbons (Fsp3) is 0.161. The smallest absolute Gasteiger partial charge is 0.426 e. The second kappa shape index (κ2) is 13.1. The van der Waals surface area contributed by atoms with E-state index in [9.17, 15) is 30.7 Å². The van der Waals surface area contributed by atoms with E-state index in [0.29, 0.717) is 18.6 Å². The number of aryl methyl sites for hydroxylation is 2. The molecule has 0 bridgehead atoms. The van der Waals surface area contributed by atoms with Gasteiger partial charge in [0, 0.05) is 18.2 Å². The third kappa shape index (κ3) is 7.79. The Morgan fingerprint density at radius 1 is 0.643 bits per heavy atom. The van der Waals surface area contributed by atoms with Crippen LogP contribution < -0.4 is 9.47 Å². The van der Waals surface area contributed by atoms with E-state index in [4.69, 9.17) is 10.5 Å². The van der Waals surface area contributed by atoms with Crippen molar-refractivity contribution in [3.05, 3.63) is 130 Å². The Bertz CT molecular complexity index is 1600. The van der Waals surface area contributed by atoms with E-state index in [-0.39, 0.29) is 16.9 Å². The maximum Gasteiger partial charge on any atom is 0.426 e. The molecule has 0 radical (unpaired) electrons. The van der Waals surface area contributed by atoms with Gasteiger partial charge in [0.25, 0.3) is 0 Å². The molecule has 0 heterocycles. The van der Waals surface area contributed by atoms with Crippen LogP contribution in [0.4, 0.5) is 30.7 Å². The molecule has 4 aromatic carbocycles. The fourth-order valence-corrected chi connectivity index (χ4v) is 3.46. The summed E-state index contributed by atoms with van der Waals surface area (Å²) in [5.74, 6) is -4.44. The van der Waals surface area contributed by atoms with Crippen LogP contribution in [0.5, 0.6) is 11.5 Å². The highest BCUT2D eigenvalue weighted by Gasteiger charge is 2.35. The maximum atomic E-state index is 14.0. The molecule has 0 amide bonds. The lowest BCUT2D eigenvalue weighted by Crippen LogP contribution is -2.22. The van der Waals surface area contributed by atoms with E-state index in [1.165, 1.54) is 54.6 Å². The number of nitrogens with zero attached hydrogens (tertiary/aromatic N) is 2. The Kier molecular flexibility index (Phi) is 9.82. The summed E-state index contributed by atoms with van der Waals surface area (Å²) in [6.07, 6.45) is -6.63. The molecule has 216 valence electrons. The van der Waals surface area contributed by atoms with E-state index in [0.717, 1.165) is 29.3 Å². The van der Waals surface area contributed by atoms with Gasteiger partial charge in [-0.25, -0.2) is 13.2 Å². The van der Waals surface area contributed by atoms with Gasteiger partial charge in [0.2, 0.25) is 0 Å². The van der Waals surface area contributed by atoms with Gasteiger partial charge < -0.3 is 9.47 Å². The molecule has 0 spiro atoms. The molecule has 42 heavy (non-hydrogen) atoms. The molecule has 0 unspecified atom stereocenters. The van der Waals surface area contributed by atoms with Gasteiger partial charge in [-0.1, -0.05) is 36.8 Å². The first-order valence-corrected chi connectivity index (χ1v) is 12.2. The quantitative estimate of drug-likeness (QED) is 0.203. The molecule has 0 fully saturated rings. The van der Waals surface area contributed by atoms with Crippen molar-refractivity contribution in [2.24, 2.45) is 0 Å². The van der Waals surface area contributed by atoms with Gasteiger partial charge in [-0.3, -0.25) is 0 Å². The zero-order chi connectivity index (χ0) is 31.1. The molecule has 0 N–H and O–H groups in total. The van der Waals surface area contributed by atoms with Gasteiger partial charge in [-0.2, -0.15) is 28.1 Å². The highest BCUT2D eigenvalue weighted by atomic mass is 19.3. The molecule has 4 rings (SSSR count). The maximum absolute atomic E-state index is 14.0. The second-order valence-electron chi connectivity index (χ2n) is 8.78. The third-order valence-electron chi connectivity index (χ3n) is 5.77. The SMILES string of the molecule is CCc1ccc(C(F)(F)Oc2cc(F)c(C#N)c(F)c2)cc1.Cc1ccc(C(F)(F)Oc2ccc(C#N)c(F)c2)cc1. The molecule has 0 saturated carbocycles. The zero-order valence-corrected chi connectivity index (χ0v) is 22.1. The van der Waals surface area contributed by atoms with Gasteiger partial charge in [0.05, 0.1) is 16.7 Å². The first-order chi connectivity index (χ1) is 19.8. The van der Waals surface area contributed by atoms with Gasteiger partial charge in [0.1, 0.15) is 46.7 Å². The summed E-state index contributed by atoms with van der Waals surface area (Å²) < 4.78 is 105. The molecule has 0 aliphatic rings. The van der Waals surface area contributed by atoms with E-state index in [1.807, 2.05) is 6.92 Å². The van der Waals surface area contributed by atoms with Gasteiger partial charge in [-0.15, -0.1) is 0 Å². The lowest BCUT2D eigenvalue weighted by Gasteiger charge is -2.18. The summed E-state index contributed by atoms with van der Waals surface area (Å²) in [5, 5.41) is 17.1. The van der Waals surface area contributed by atoms with Crippen molar-refractivity contribution >= 4 is 0 Å². The average molecular weight is 587 g/mol. The highest BCUT2D eigenvalue weighted by Crippen LogP contribution is 2.34. The van der Waals surface area contributed by atoms with Crippen molar-refractivity contribution in [3.8, 4) is 23.6 Å². The molecule has 0 aromatic heterocycles. The minimum atomic E-state index is -3.75. The summed E-state index contributed by atoms with van der Waals surface area (Å²) in [5.41, 5.74) is -0.120. The van der Waals surface area contributed by atoms with Gasteiger partial charge in [-0.05, 0) is 55.3 Å². The molecular formula is C31H21F7N2O2. The molecule has 0 saturated heterocycles. The number of benzene rings is 4. The predicted octanol–water partition coefficient (Wildman–Crippen LogP) is 8.66. The number of hydrogen-bond acceptors (Lipinski definition) is 4. The topological polar surface area (TPSA) is 66.0 Å². The fourth-order valence-electron chi connectivity index (χ4n) is 3.46. The zero-order valence-electron chi connectivity index (χ0n) is 22.1. The Morgan fingerprint density at radius 2 is 1.12 bits per heavy atom. The second-order valence-corrected chi connectivity index (χ2v) is 8.78. The molecule has 0 atom stereocenters. The first kappa shape index (κ1) is 31.5. The minimum Gasteiger partial charge on any atom is -0.429 e. The summed E-state index contributed by atoms with van der Waals surface area (Å²) in [6, 6.07) is 18.0. The van der Waals surface area contributed by atoms with Crippen LogP contribution in [0.2, 0.25) is 0 Å². The van der Waals surface area contributed by atoms with Crippen LogP contribution in [-0.2, 0) is 18.6 Å². The molecule has 4 aromatic rings. The summed E-state index contributed by atoms with van der Waals surface area (Å²) >= 11 is 0. The van der Waals surface area contributed by atoms with Gasteiger partial charge in [0.15, 0.2) is 0 Å². The van der Waals surface area contributed by atoms with Crippen molar-refractivity contribution in [3.63, 3.8) is 0 Å². The summed E-state index contributed by atoms with van der Waals surface area (Å²) in [6.45, 7) is 3.66. The van der Waals surface area contributed by atoms with Crippen molar-refractivity contribution in [1.29, 1.82) is 10.5 Å². The largest absolute Gasteiger partial charge is 0.429 e. The van der Waals surface area contributed by atoms with Crippen molar-refractivity contribution in [2.75, 3.05) is 0 Å². The Labute approximate surface area is 236 Å². The van der Waals surface area contributed by atoms with Crippen LogP contribution in [0, 0.1) is 47.0 Å². The third-order valence-corrected chi connectivity index (χ3v) is 5.77. The van der Waals surface area contributed by atoms with Crippen LogP contribution in [0.1, 0.15) is 40.3 Å². The first-order valence-electron chi connectivity index (χ1n) is 12.2. The monoisotopic (exact) mass is 586 g/mol. The minimum absolute atomic E-state index is 0.226. The lowest BCUT2D eigenvalue weighted by molar-refractivity contribution is -0.186. The lowest BCUT2D eigenvalue weighted by atomic mass is 10.1. The summed E-state index contributed by atoms with van der Waals surface area (Å²) in [7, 11) is 0. The Morgan fingerprint density at radius 3 is 1.57 bits per heavy atom. The van der Waals surface area contributed by atoms with Crippen LogP contribution >= 0.6 is 0 Å². The highest BCUT2D eigenvalue weighted by molar-refractivity contribution is 5.39. The molecule has 4 nitrogen and oxygen atoms in total.